The van der Waals surface area contributed by atoms with E-state index < -0.39 is 5.79 Å². The normalized spacial score (nSPS) is 19.0. The Labute approximate surface area is 295 Å². The molecule has 2 aliphatic rings. The molecule has 0 saturated carbocycles. The van der Waals surface area contributed by atoms with Crippen molar-refractivity contribution >= 4 is 12.2 Å². The summed E-state index contributed by atoms with van der Waals surface area (Å²) in [4.78, 5) is 5.69. The van der Waals surface area contributed by atoms with Crippen LogP contribution in [0.3, 0.4) is 0 Å². The van der Waals surface area contributed by atoms with Crippen molar-refractivity contribution in [2.75, 3.05) is 0 Å². The first-order valence-electron chi connectivity index (χ1n) is 19.0. The molecule has 0 aliphatic heterocycles. The topological polar surface area (TPSA) is 30.5 Å². The van der Waals surface area contributed by atoms with Gasteiger partial charge in [0.2, 0.25) is 0 Å². The Morgan fingerprint density at radius 3 is 1.46 bits per heavy atom. The Morgan fingerprint density at radius 2 is 0.979 bits per heavy atom. The lowest BCUT2D eigenvalue weighted by Crippen LogP contribution is -2.86. The fraction of sp³-hybridized carbons (Fsp3) is 0.636. The van der Waals surface area contributed by atoms with Gasteiger partial charge in [-0.15, -0.1) is 0 Å². The summed E-state index contributed by atoms with van der Waals surface area (Å²) in [7, 11) is 0. The van der Waals surface area contributed by atoms with Gasteiger partial charge in [0.15, 0.2) is 0 Å². The Morgan fingerprint density at radius 1 is 0.562 bits per heavy atom. The number of hydrogen-bond acceptors (Lipinski definition) is 4. The summed E-state index contributed by atoms with van der Waals surface area (Å²) in [5.41, 5.74) is 4.68. The highest BCUT2D eigenvalue weighted by Crippen LogP contribution is 2.47. The molecule has 0 amide bonds. The minimum atomic E-state index is -0.603. The number of fused-ring (bicyclic) bond motifs is 2. The quantitative estimate of drug-likeness (QED) is 0.157. The summed E-state index contributed by atoms with van der Waals surface area (Å²) in [6.45, 7) is 31.3. The molecule has 0 saturated heterocycles. The third kappa shape index (κ3) is 8.55. The van der Waals surface area contributed by atoms with Gasteiger partial charge >= 0.3 is 0 Å². The highest BCUT2D eigenvalue weighted by Gasteiger charge is 2.61. The molecule has 2 N–H and O–H groups in total. The molecule has 0 fully saturated rings. The zero-order valence-corrected chi connectivity index (χ0v) is 33.0. The maximum Gasteiger partial charge on any atom is 0.146 e. The summed E-state index contributed by atoms with van der Waals surface area (Å²) in [6, 6.07) is 18.2. The molecule has 3 unspecified atom stereocenters. The molecule has 0 heterocycles. The number of rotatable bonds is 14. The molecule has 2 aromatic rings. The average Bonchev–Trinajstić information content (AvgIpc) is 3.55. The standard InChI is InChI=1S/C44H70N4/c1-14-15-16-17-18-19-28-39(45-37-31-29-33-24-20-22-26-35(33)37)44(47(40(2,3)4)41(5,6)7,48(42(8,9)10)43(11,12)13)46-38-32-30-34-25-21-23-27-36(34)38/h20-27,29-32,37-39,45-46H,14-19,28H2,1-13H3. The zero-order chi connectivity index (χ0) is 35.5. The summed E-state index contributed by atoms with van der Waals surface area (Å²) in [5.74, 6) is -0.603. The molecule has 4 heteroatoms. The van der Waals surface area contributed by atoms with E-state index in [9.17, 15) is 0 Å². The molecule has 0 bridgehead atoms. The lowest BCUT2D eigenvalue weighted by Gasteiger charge is -2.69. The molecule has 0 aromatic heterocycles. The van der Waals surface area contributed by atoms with Gasteiger partial charge in [-0.05, 0) is 112 Å². The second-order valence-corrected chi connectivity index (χ2v) is 18.4. The van der Waals surface area contributed by atoms with Crippen molar-refractivity contribution in [3.05, 3.63) is 82.9 Å². The molecule has 4 rings (SSSR count). The first-order valence-corrected chi connectivity index (χ1v) is 19.0. The Balaban J connectivity index is 2.02. The van der Waals surface area contributed by atoms with Crippen molar-refractivity contribution < 1.29 is 0 Å². The average molecular weight is 655 g/mol. The zero-order valence-electron chi connectivity index (χ0n) is 33.0. The number of unbranched alkanes of at least 4 members (excludes halogenated alkanes) is 5. The van der Waals surface area contributed by atoms with E-state index in [1.54, 1.807) is 0 Å². The Bertz CT molecular complexity index is 1330. The van der Waals surface area contributed by atoms with E-state index in [4.69, 9.17) is 0 Å². The van der Waals surface area contributed by atoms with Crippen LogP contribution in [0.15, 0.2) is 60.7 Å². The van der Waals surface area contributed by atoms with E-state index in [-0.39, 0.29) is 40.3 Å². The third-order valence-corrected chi connectivity index (χ3v) is 10.0. The van der Waals surface area contributed by atoms with Gasteiger partial charge in [0.1, 0.15) is 5.79 Å². The van der Waals surface area contributed by atoms with E-state index in [2.05, 4.69) is 183 Å². The largest absolute Gasteiger partial charge is 0.299 e. The van der Waals surface area contributed by atoms with Gasteiger partial charge in [0.05, 0.1) is 18.1 Å². The van der Waals surface area contributed by atoms with Gasteiger partial charge in [0.25, 0.3) is 0 Å². The van der Waals surface area contributed by atoms with Crippen LogP contribution >= 0.6 is 0 Å². The van der Waals surface area contributed by atoms with Crippen molar-refractivity contribution in [1.29, 1.82) is 0 Å². The van der Waals surface area contributed by atoms with Gasteiger partial charge < -0.3 is 0 Å². The van der Waals surface area contributed by atoms with E-state index in [0.29, 0.717) is 0 Å². The van der Waals surface area contributed by atoms with Crippen molar-refractivity contribution in [3.8, 4) is 0 Å². The van der Waals surface area contributed by atoms with Gasteiger partial charge in [-0.2, -0.15) is 0 Å². The van der Waals surface area contributed by atoms with Crippen molar-refractivity contribution in [2.24, 2.45) is 0 Å². The summed E-state index contributed by atoms with van der Waals surface area (Å²) in [5, 5.41) is 8.96. The Kier molecular flexibility index (Phi) is 12.0. The van der Waals surface area contributed by atoms with Crippen LogP contribution in [0.1, 0.15) is 169 Å². The molecule has 48 heavy (non-hydrogen) atoms. The molecule has 4 nitrogen and oxygen atoms in total. The summed E-state index contributed by atoms with van der Waals surface area (Å²) >= 11 is 0. The molecule has 0 radical (unpaired) electrons. The lowest BCUT2D eigenvalue weighted by molar-refractivity contribution is -0.238. The van der Waals surface area contributed by atoms with Crippen LogP contribution in [-0.4, -0.2) is 43.8 Å². The number of nitrogens with zero attached hydrogens (tertiary/aromatic N) is 2. The predicted molar refractivity (Wildman–Crippen MR) is 210 cm³/mol. The van der Waals surface area contributed by atoms with Crippen LogP contribution < -0.4 is 10.6 Å². The maximum atomic E-state index is 4.55. The fourth-order valence-corrected chi connectivity index (χ4v) is 9.44. The summed E-state index contributed by atoms with van der Waals surface area (Å²) in [6.07, 6.45) is 18.2. The number of benzene rings is 2. The Hall–Kier alpha value is -2.24. The van der Waals surface area contributed by atoms with Crippen LogP contribution in [0.25, 0.3) is 12.2 Å². The minimum absolute atomic E-state index is 0.0702. The van der Waals surface area contributed by atoms with Gasteiger partial charge in [0, 0.05) is 22.2 Å². The van der Waals surface area contributed by atoms with Gasteiger partial charge in [-0.25, -0.2) is 0 Å². The number of nitrogens with one attached hydrogen (secondary N) is 2. The van der Waals surface area contributed by atoms with Crippen LogP contribution in [0.4, 0.5) is 0 Å². The summed E-state index contributed by atoms with van der Waals surface area (Å²) < 4.78 is 0. The van der Waals surface area contributed by atoms with E-state index in [0.717, 1.165) is 6.42 Å². The van der Waals surface area contributed by atoms with Crippen molar-refractivity contribution in [2.45, 2.75) is 181 Å². The maximum absolute atomic E-state index is 4.55. The smallest absolute Gasteiger partial charge is 0.146 e. The monoisotopic (exact) mass is 655 g/mol. The van der Waals surface area contributed by atoms with Gasteiger partial charge in [-0.1, -0.05) is 118 Å². The second kappa shape index (κ2) is 14.9. The van der Waals surface area contributed by atoms with Gasteiger partial charge in [-0.3, -0.25) is 20.4 Å². The molecule has 3 atom stereocenters. The molecule has 266 valence electrons. The first kappa shape index (κ1) is 38.6. The van der Waals surface area contributed by atoms with Crippen LogP contribution in [0.5, 0.6) is 0 Å². The first-order chi connectivity index (χ1) is 22.3. The van der Waals surface area contributed by atoms with Crippen LogP contribution in [0.2, 0.25) is 0 Å². The fourth-order valence-electron chi connectivity index (χ4n) is 9.44. The second-order valence-electron chi connectivity index (χ2n) is 18.4. The van der Waals surface area contributed by atoms with Crippen LogP contribution in [0, 0.1) is 0 Å². The molecular weight excluding hydrogens is 585 g/mol. The molecule has 2 aliphatic carbocycles. The third-order valence-electron chi connectivity index (χ3n) is 10.0. The van der Waals surface area contributed by atoms with E-state index >= 15 is 0 Å². The van der Waals surface area contributed by atoms with Crippen LogP contribution in [-0.2, 0) is 0 Å². The molecule has 2 aromatic carbocycles. The van der Waals surface area contributed by atoms with E-state index in [1.807, 2.05) is 0 Å². The molecular formula is C44H70N4. The SMILES string of the molecule is CCCCCCCCC(NC1C=Cc2ccccc21)C(NC1C=Cc2ccccc21)(N(C(C)(C)C)C(C)(C)C)N(C(C)(C)C)C(C)(C)C. The highest BCUT2D eigenvalue weighted by molar-refractivity contribution is 5.63. The van der Waals surface area contributed by atoms with Crippen molar-refractivity contribution in [3.63, 3.8) is 0 Å². The lowest BCUT2D eigenvalue weighted by atomic mass is 9.81. The minimum Gasteiger partial charge on any atom is -0.299 e. The molecule has 0 spiro atoms. The van der Waals surface area contributed by atoms with Crippen molar-refractivity contribution in [1.82, 2.24) is 20.4 Å². The number of hydrogen-bond donors (Lipinski definition) is 2. The van der Waals surface area contributed by atoms with E-state index in [1.165, 1.54) is 60.8 Å². The predicted octanol–water partition coefficient (Wildman–Crippen LogP) is 11.3. The highest BCUT2D eigenvalue weighted by atomic mass is 15.6.